The smallest absolute Gasteiger partial charge is 0.241 e. The molecule has 1 aromatic carbocycles. The monoisotopic (exact) mass is 286 g/mol. The molecule has 1 fully saturated rings. The van der Waals surface area contributed by atoms with Crippen LogP contribution in [0.5, 0.6) is 0 Å². The van der Waals surface area contributed by atoms with E-state index in [1.165, 1.54) is 0 Å². The first kappa shape index (κ1) is 14.2. The van der Waals surface area contributed by atoms with Gasteiger partial charge in [0.1, 0.15) is 0 Å². The minimum absolute atomic E-state index is 0.243. The first-order chi connectivity index (χ1) is 10.1. The van der Waals surface area contributed by atoms with Gasteiger partial charge in [-0.25, -0.2) is 0 Å². The van der Waals surface area contributed by atoms with Crippen molar-refractivity contribution in [3.8, 4) is 11.4 Å². The van der Waals surface area contributed by atoms with Gasteiger partial charge in [-0.05, 0) is 24.8 Å². The third-order valence-electron chi connectivity index (χ3n) is 3.98. The summed E-state index contributed by atoms with van der Waals surface area (Å²) < 4.78 is 5.40. The SMILES string of the molecule is Cc1ccccc1-c1noc(CN2CC(C)CC(N)C2)n1. The predicted octanol–water partition coefficient (Wildman–Crippen LogP) is 2.21. The molecule has 112 valence electrons. The number of nitrogens with two attached hydrogens (primary N) is 1. The summed E-state index contributed by atoms with van der Waals surface area (Å²) in [6, 6.07) is 8.31. The summed E-state index contributed by atoms with van der Waals surface area (Å²) in [6.07, 6.45) is 1.09. The largest absolute Gasteiger partial charge is 0.338 e. The molecule has 5 nitrogen and oxygen atoms in total. The van der Waals surface area contributed by atoms with Gasteiger partial charge in [0.25, 0.3) is 0 Å². The van der Waals surface area contributed by atoms with Gasteiger partial charge in [0.05, 0.1) is 6.54 Å². The zero-order valence-electron chi connectivity index (χ0n) is 12.6. The van der Waals surface area contributed by atoms with Crippen LogP contribution >= 0.6 is 0 Å². The lowest BCUT2D eigenvalue weighted by atomic mass is 9.97. The van der Waals surface area contributed by atoms with Crippen molar-refractivity contribution in [2.24, 2.45) is 11.7 Å². The first-order valence-corrected chi connectivity index (χ1v) is 7.48. The Bertz CT molecular complexity index is 600. The van der Waals surface area contributed by atoms with Gasteiger partial charge in [0.2, 0.25) is 11.7 Å². The van der Waals surface area contributed by atoms with Crippen LogP contribution in [0.2, 0.25) is 0 Å². The Labute approximate surface area is 125 Å². The lowest BCUT2D eigenvalue weighted by Gasteiger charge is -2.33. The van der Waals surface area contributed by atoms with Crippen molar-refractivity contribution in [2.45, 2.75) is 32.9 Å². The van der Waals surface area contributed by atoms with E-state index in [9.17, 15) is 0 Å². The highest BCUT2D eigenvalue weighted by Gasteiger charge is 2.23. The molecule has 0 amide bonds. The molecule has 3 rings (SSSR count). The molecule has 0 aliphatic carbocycles. The molecular weight excluding hydrogens is 264 g/mol. The Balaban J connectivity index is 1.72. The van der Waals surface area contributed by atoms with Crippen molar-refractivity contribution in [3.63, 3.8) is 0 Å². The maximum absolute atomic E-state index is 6.08. The molecule has 0 bridgehead atoms. The molecular formula is C16H22N4O. The molecule has 2 aromatic rings. The number of hydrogen-bond donors (Lipinski definition) is 1. The maximum Gasteiger partial charge on any atom is 0.241 e. The minimum atomic E-state index is 0.243. The average Bonchev–Trinajstić information content (AvgIpc) is 2.86. The van der Waals surface area contributed by atoms with Gasteiger partial charge < -0.3 is 10.3 Å². The number of aryl methyl sites for hydroxylation is 1. The Morgan fingerprint density at radius 1 is 1.33 bits per heavy atom. The standard InChI is InChI=1S/C16H22N4O/c1-11-7-13(17)9-20(8-11)10-15-18-16(19-21-15)14-6-4-3-5-12(14)2/h3-6,11,13H,7-10,17H2,1-2H3. The zero-order valence-corrected chi connectivity index (χ0v) is 12.6. The van der Waals surface area contributed by atoms with E-state index in [-0.39, 0.29) is 6.04 Å². The molecule has 2 atom stereocenters. The molecule has 2 unspecified atom stereocenters. The third-order valence-corrected chi connectivity index (χ3v) is 3.98. The van der Waals surface area contributed by atoms with Crippen LogP contribution < -0.4 is 5.73 Å². The number of piperidine rings is 1. The summed E-state index contributed by atoms with van der Waals surface area (Å²) in [5.41, 5.74) is 8.25. The normalized spacial score (nSPS) is 23.4. The lowest BCUT2D eigenvalue weighted by Crippen LogP contribution is -2.45. The Hall–Kier alpha value is -1.72. The topological polar surface area (TPSA) is 68.2 Å². The predicted molar refractivity (Wildman–Crippen MR) is 81.5 cm³/mol. The first-order valence-electron chi connectivity index (χ1n) is 7.48. The van der Waals surface area contributed by atoms with Crippen LogP contribution in [0.1, 0.15) is 24.8 Å². The second-order valence-corrected chi connectivity index (χ2v) is 6.12. The Kier molecular flexibility index (Phi) is 4.03. The highest BCUT2D eigenvalue weighted by atomic mass is 16.5. The van der Waals surface area contributed by atoms with Gasteiger partial charge in [0, 0.05) is 24.7 Å². The van der Waals surface area contributed by atoms with E-state index in [2.05, 4.69) is 35.0 Å². The van der Waals surface area contributed by atoms with E-state index in [4.69, 9.17) is 10.3 Å². The van der Waals surface area contributed by atoms with E-state index in [0.717, 1.165) is 30.6 Å². The number of likely N-dealkylation sites (tertiary alicyclic amines) is 1. The molecule has 2 N–H and O–H groups in total. The van der Waals surface area contributed by atoms with Crippen molar-refractivity contribution < 1.29 is 4.52 Å². The van der Waals surface area contributed by atoms with E-state index in [1.807, 2.05) is 18.2 Å². The average molecular weight is 286 g/mol. The van der Waals surface area contributed by atoms with E-state index < -0.39 is 0 Å². The fraction of sp³-hybridized carbons (Fsp3) is 0.500. The highest BCUT2D eigenvalue weighted by molar-refractivity contribution is 5.58. The number of rotatable bonds is 3. The van der Waals surface area contributed by atoms with Crippen LogP contribution in [0, 0.1) is 12.8 Å². The fourth-order valence-corrected chi connectivity index (χ4v) is 3.09. The van der Waals surface area contributed by atoms with E-state index in [0.29, 0.717) is 24.2 Å². The van der Waals surface area contributed by atoms with Crippen LogP contribution in [0.25, 0.3) is 11.4 Å². The van der Waals surface area contributed by atoms with Crippen LogP contribution in [0.4, 0.5) is 0 Å². The quantitative estimate of drug-likeness (QED) is 0.937. The molecule has 1 saturated heterocycles. The lowest BCUT2D eigenvalue weighted by molar-refractivity contribution is 0.142. The fourth-order valence-electron chi connectivity index (χ4n) is 3.09. The maximum atomic E-state index is 6.08. The van der Waals surface area contributed by atoms with Crippen LogP contribution in [0.3, 0.4) is 0 Å². The van der Waals surface area contributed by atoms with Crippen LogP contribution in [-0.2, 0) is 6.54 Å². The number of aromatic nitrogens is 2. The Morgan fingerprint density at radius 3 is 2.90 bits per heavy atom. The molecule has 5 heteroatoms. The van der Waals surface area contributed by atoms with Crippen molar-refractivity contribution in [1.82, 2.24) is 15.0 Å². The molecule has 2 heterocycles. The second-order valence-electron chi connectivity index (χ2n) is 6.12. The summed E-state index contributed by atoms with van der Waals surface area (Å²) in [5, 5.41) is 4.11. The number of nitrogens with zero attached hydrogens (tertiary/aromatic N) is 3. The van der Waals surface area contributed by atoms with Crippen molar-refractivity contribution >= 4 is 0 Å². The van der Waals surface area contributed by atoms with Crippen LogP contribution in [0.15, 0.2) is 28.8 Å². The Morgan fingerprint density at radius 2 is 2.14 bits per heavy atom. The molecule has 1 aliphatic rings. The second kappa shape index (κ2) is 5.95. The van der Waals surface area contributed by atoms with Gasteiger partial charge in [-0.15, -0.1) is 0 Å². The summed E-state index contributed by atoms with van der Waals surface area (Å²) in [5.74, 6) is 1.94. The minimum Gasteiger partial charge on any atom is -0.338 e. The summed E-state index contributed by atoms with van der Waals surface area (Å²) in [6.45, 7) is 6.90. The zero-order chi connectivity index (χ0) is 14.8. The summed E-state index contributed by atoms with van der Waals surface area (Å²) in [4.78, 5) is 6.82. The number of benzene rings is 1. The molecule has 1 aliphatic heterocycles. The summed E-state index contributed by atoms with van der Waals surface area (Å²) >= 11 is 0. The van der Waals surface area contributed by atoms with E-state index in [1.54, 1.807) is 0 Å². The van der Waals surface area contributed by atoms with Gasteiger partial charge >= 0.3 is 0 Å². The van der Waals surface area contributed by atoms with Gasteiger partial charge in [-0.3, -0.25) is 4.90 Å². The number of hydrogen-bond acceptors (Lipinski definition) is 5. The van der Waals surface area contributed by atoms with Gasteiger partial charge in [0.15, 0.2) is 0 Å². The molecule has 0 saturated carbocycles. The summed E-state index contributed by atoms with van der Waals surface area (Å²) in [7, 11) is 0. The molecule has 0 radical (unpaired) electrons. The molecule has 1 aromatic heterocycles. The third kappa shape index (κ3) is 3.31. The van der Waals surface area contributed by atoms with E-state index >= 15 is 0 Å². The van der Waals surface area contributed by atoms with Gasteiger partial charge in [-0.1, -0.05) is 36.3 Å². The highest BCUT2D eigenvalue weighted by Crippen LogP contribution is 2.21. The molecule has 21 heavy (non-hydrogen) atoms. The van der Waals surface area contributed by atoms with Crippen LogP contribution in [-0.4, -0.2) is 34.2 Å². The van der Waals surface area contributed by atoms with Gasteiger partial charge in [-0.2, -0.15) is 4.98 Å². The van der Waals surface area contributed by atoms with Crippen molar-refractivity contribution in [1.29, 1.82) is 0 Å². The van der Waals surface area contributed by atoms with Crippen molar-refractivity contribution in [3.05, 3.63) is 35.7 Å². The van der Waals surface area contributed by atoms with Crippen molar-refractivity contribution in [2.75, 3.05) is 13.1 Å². The molecule has 0 spiro atoms.